The van der Waals surface area contributed by atoms with E-state index >= 15 is 0 Å². The van der Waals surface area contributed by atoms with Crippen LogP contribution in [0.5, 0.6) is 5.75 Å². The van der Waals surface area contributed by atoms with Gasteiger partial charge >= 0.3 is 0 Å². The van der Waals surface area contributed by atoms with Gasteiger partial charge in [0.15, 0.2) is 0 Å². The molecule has 0 bridgehead atoms. The zero-order valence-corrected chi connectivity index (χ0v) is 17.6. The molecule has 1 saturated carbocycles. The average molecular weight is 370 g/mol. The number of ether oxygens (including phenoxy) is 1. The SMILES string of the molecule is CCCCCOc1ccc(CC(C#N)[C@H]2CC[C@H](CCCCC)CC2)cc1. The fraction of sp³-hybridized carbons (Fsp3) is 0.720. The molecule has 0 heterocycles. The van der Waals surface area contributed by atoms with Gasteiger partial charge < -0.3 is 4.74 Å². The molecule has 1 atom stereocenters. The van der Waals surface area contributed by atoms with Gasteiger partial charge in [-0.25, -0.2) is 0 Å². The van der Waals surface area contributed by atoms with Gasteiger partial charge in [-0.15, -0.1) is 0 Å². The fourth-order valence-corrected chi connectivity index (χ4v) is 4.40. The summed E-state index contributed by atoms with van der Waals surface area (Å²) in [6.45, 7) is 5.29. The summed E-state index contributed by atoms with van der Waals surface area (Å²) in [5.74, 6) is 2.62. The van der Waals surface area contributed by atoms with E-state index in [4.69, 9.17) is 4.74 Å². The minimum atomic E-state index is 0.165. The van der Waals surface area contributed by atoms with E-state index < -0.39 is 0 Å². The molecule has 150 valence electrons. The quantitative estimate of drug-likeness (QED) is 0.361. The van der Waals surface area contributed by atoms with E-state index in [1.54, 1.807) is 0 Å². The third-order valence-corrected chi connectivity index (χ3v) is 6.24. The van der Waals surface area contributed by atoms with Crippen molar-refractivity contribution < 1.29 is 4.74 Å². The molecule has 0 saturated heterocycles. The van der Waals surface area contributed by atoms with Crippen LogP contribution in [0, 0.1) is 29.1 Å². The van der Waals surface area contributed by atoms with Crippen molar-refractivity contribution in [3.05, 3.63) is 29.8 Å². The molecule has 1 fully saturated rings. The molecule has 0 amide bonds. The maximum absolute atomic E-state index is 9.73. The predicted octanol–water partition coefficient (Wildman–Crippen LogP) is 7.32. The second kappa shape index (κ2) is 12.8. The topological polar surface area (TPSA) is 33.0 Å². The molecule has 0 spiro atoms. The molecule has 2 nitrogen and oxygen atoms in total. The lowest BCUT2D eigenvalue weighted by Gasteiger charge is -2.31. The molecule has 27 heavy (non-hydrogen) atoms. The van der Waals surface area contributed by atoms with Gasteiger partial charge in [-0.1, -0.05) is 77.3 Å². The summed E-state index contributed by atoms with van der Waals surface area (Å²) in [5.41, 5.74) is 1.27. The first-order valence-electron chi connectivity index (χ1n) is 11.4. The second-order valence-electron chi connectivity index (χ2n) is 8.42. The van der Waals surface area contributed by atoms with Crippen molar-refractivity contribution in [2.75, 3.05) is 6.61 Å². The van der Waals surface area contributed by atoms with Crippen LogP contribution in [-0.2, 0) is 6.42 Å². The molecule has 2 heteroatoms. The number of hydrogen-bond acceptors (Lipinski definition) is 2. The Balaban J connectivity index is 1.75. The van der Waals surface area contributed by atoms with Gasteiger partial charge in [-0.05, 0) is 55.2 Å². The number of nitrogens with zero attached hydrogens (tertiary/aromatic N) is 1. The monoisotopic (exact) mass is 369 g/mol. The van der Waals surface area contributed by atoms with E-state index in [0.717, 1.165) is 31.1 Å². The highest BCUT2D eigenvalue weighted by atomic mass is 16.5. The largest absolute Gasteiger partial charge is 0.494 e. The minimum Gasteiger partial charge on any atom is -0.494 e. The molecular formula is C25H39NO. The Morgan fingerprint density at radius 1 is 0.963 bits per heavy atom. The van der Waals surface area contributed by atoms with Crippen molar-refractivity contribution in [1.82, 2.24) is 0 Å². The first kappa shape index (κ1) is 21.8. The highest BCUT2D eigenvalue weighted by Gasteiger charge is 2.27. The van der Waals surface area contributed by atoms with Crippen molar-refractivity contribution in [3.8, 4) is 11.8 Å². The van der Waals surface area contributed by atoms with Crippen LogP contribution >= 0.6 is 0 Å². The van der Waals surface area contributed by atoms with Crippen LogP contribution in [0.4, 0.5) is 0 Å². The van der Waals surface area contributed by atoms with E-state index in [1.807, 2.05) is 0 Å². The Hall–Kier alpha value is -1.49. The summed E-state index contributed by atoms with van der Waals surface area (Å²) in [6.07, 6.45) is 15.1. The number of benzene rings is 1. The van der Waals surface area contributed by atoms with E-state index in [-0.39, 0.29) is 5.92 Å². The Morgan fingerprint density at radius 3 is 2.26 bits per heavy atom. The highest BCUT2D eigenvalue weighted by Crippen LogP contribution is 2.37. The minimum absolute atomic E-state index is 0.165. The maximum Gasteiger partial charge on any atom is 0.119 e. The molecule has 1 unspecified atom stereocenters. The molecule has 1 aromatic rings. The summed E-state index contributed by atoms with van der Waals surface area (Å²) in [7, 11) is 0. The van der Waals surface area contributed by atoms with Gasteiger partial charge in [0.05, 0.1) is 18.6 Å². The number of rotatable bonds is 12. The van der Waals surface area contributed by atoms with Gasteiger partial charge in [0.2, 0.25) is 0 Å². The standard InChI is InChI=1S/C25H39NO/c1-3-5-7-9-21-10-14-23(15-11-21)24(20-26)19-22-12-16-25(17-13-22)27-18-8-6-4-2/h12-13,16-17,21,23-24H,3-11,14-15,18-19H2,1-2H3/t21-,23-,24?. The van der Waals surface area contributed by atoms with E-state index in [9.17, 15) is 5.26 Å². The van der Waals surface area contributed by atoms with Crippen LogP contribution in [0.25, 0.3) is 0 Å². The van der Waals surface area contributed by atoms with E-state index in [2.05, 4.69) is 44.2 Å². The molecule has 1 aliphatic rings. The van der Waals surface area contributed by atoms with Crippen molar-refractivity contribution in [2.45, 2.75) is 90.9 Å². The van der Waals surface area contributed by atoms with E-state index in [0.29, 0.717) is 5.92 Å². The van der Waals surface area contributed by atoms with Crippen LogP contribution in [0.15, 0.2) is 24.3 Å². The number of unbranched alkanes of at least 4 members (excludes halogenated alkanes) is 4. The first-order valence-corrected chi connectivity index (χ1v) is 11.4. The van der Waals surface area contributed by atoms with Gasteiger partial charge in [0.1, 0.15) is 5.75 Å². The van der Waals surface area contributed by atoms with Crippen LogP contribution in [-0.4, -0.2) is 6.61 Å². The molecule has 0 N–H and O–H groups in total. The normalized spacial score (nSPS) is 20.8. The molecule has 1 aromatic carbocycles. The Kier molecular flexibility index (Phi) is 10.4. The zero-order chi connectivity index (χ0) is 19.3. The molecule has 1 aliphatic carbocycles. The van der Waals surface area contributed by atoms with Gasteiger partial charge in [-0.2, -0.15) is 5.26 Å². The lowest BCUT2D eigenvalue weighted by Crippen LogP contribution is -2.22. The third-order valence-electron chi connectivity index (χ3n) is 6.24. The molecule has 2 rings (SSSR count). The van der Waals surface area contributed by atoms with Crippen molar-refractivity contribution in [3.63, 3.8) is 0 Å². The van der Waals surface area contributed by atoms with Gasteiger partial charge in [0.25, 0.3) is 0 Å². The molecule has 0 aliphatic heterocycles. The summed E-state index contributed by atoms with van der Waals surface area (Å²) in [4.78, 5) is 0. The first-order chi connectivity index (χ1) is 13.3. The van der Waals surface area contributed by atoms with Gasteiger partial charge in [0, 0.05) is 0 Å². The third kappa shape index (κ3) is 7.96. The Morgan fingerprint density at radius 2 is 1.63 bits per heavy atom. The lowest BCUT2D eigenvalue weighted by atomic mass is 9.73. The molecular weight excluding hydrogens is 330 g/mol. The van der Waals surface area contributed by atoms with Gasteiger partial charge in [-0.3, -0.25) is 0 Å². The van der Waals surface area contributed by atoms with Crippen LogP contribution < -0.4 is 4.74 Å². The lowest BCUT2D eigenvalue weighted by molar-refractivity contribution is 0.221. The van der Waals surface area contributed by atoms with E-state index in [1.165, 1.54) is 69.8 Å². The summed E-state index contributed by atoms with van der Waals surface area (Å²) in [5, 5.41) is 9.73. The predicted molar refractivity (Wildman–Crippen MR) is 114 cm³/mol. The van der Waals surface area contributed by atoms with Crippen molar-refractivity contribution in [1.29, 1.82) is 5.26 Å². The molecule has 0 aromatic heterocycles. The van der Waals surface area contributed by atoms with Crippen molar-refractivity contribution in [2.24, 2.45) is 17.8 Å². The zero-order valence-electron chi connectivity index (χ0n) is 17.6. The van der Waals surface area contributed by atoms with Crippen LogP contribution in [0.2, 0.25) is 0 Å². The Bertz CT molecular complexity index is 536. The van der Waals surface area contributed by atoms with Crippen LogP contribution in [0.3, 0.4) is 0 Å². The Labute approximate surface area is 167 Å². The average Bonchev–Trinajstić information content (AvgIpc) is 2.71. The highest BCUT2D eigenvalue weighted by molar-refractivity contribution is 5.28. The maximum atomic E-state index is 9.73. The van der Waals surface area contributed by atoms with Crippen molar-refractivity contribution >= 4 is 0 Å². The summed E-state index contributed by atoms with van der Waals surface area (Å²) < 4.78 is 5.80. The summed E-state index contributed by atoms with van der Waals surface area (Å²) >= 11 is 0. The second-order valence-corrected chi connectivity index (χ2v) is 8.42. The van der Waals surface area contributed by atoms with Crippen LogP contribution in [0.1, 0.15) is 90.0 Å². The smallest absolute Gasteiger partial charge is 0.119 e. The molecule has 0 radical (unpaired) electrons. The summed E-state index contributed by atoms with van der Waals surface area (Å²) in [6, 6.07) is 11.1. The number of hydrogen-bond donors (Lipinski definition) is 0. The number of nitriles is 1. The fourth-order valence-electron chi connectivity index (χ4n) is 4.40.